The summed E-state index contributed by atoms with van der Waals surface area (Å²) in [5.74, 6) is -11.3. The van der Waals surface area contributed by atoms with Crippen molar-refractivity contribution in [2.45, 2.75) is 168 Å². The number of primary amides is 1. The second kappa shape index (κ2) is 32.0. The number of aromatic nitrogens is 1. The molecule has 5 aliphatic rings. The summed E-state index contributed by atoms with van der Waals surface area (Å²) in [5.41, 5.74) is 2.77. The number of hydrogen-bond donors (Lipinski definition) is 10. The van der Waals surface area contributed by atoms with Crippen molar-refractivity contribution in [3.8, 4) is 11.5 Å². The van der Waals surface area contributed by atoms with Gasteiger partial charge in [0.1, 0.15) is 53.0 Å². The highest BCUT2D eigenvalue weighted by Crippen LogP contribution is 2.47. The van der Waals surface area contributed by atoms with E-state index in [-0.39, 0.29) is 104 Å². The van der Waals surface area contributed by atoms with E-state index in [1.165, 1.54) is 59.3 Å². The Morgan fingerprint density at radius 1 is 0.857 bits per heavy atom. The first-order valence-corrected chi connectivity index (χ1v) is 35.8. The van der Waals surface area contributed by atoms with E-state index in [4.69, 9.17) is 34.4 Å². The Kier molecular flexibility index (Phi) is 23.5. The molecule has 105 heavy (non-hydrogen) atoms. The van der Waals surface area contributed by atoms with Crippen LogP contribution in [0.1, 0.15) is 106 Å². The number of carbonyl (C=O) groups is 9. The van der Waals surface area contributed by atoms with Crippen LogP contribution in [0.3, 0.4) is 0 Å². The van der Waals surface area contributed by atoms with E-state index in [0.29, 0.717) is 37.2 Å². The van der Waals surface area contributed by atoms with E-state index in [2.05, 4.69) is 31.9 Å². The van der Waals surface area contributed by atoms with Crippen molar-refractivity contribution in [2.24, 2.45) is 29.4 Å². The number of anilines is 2. The number of benzene rings is 4. The standard InChI is InChI=1S/C75H90N10O19S/c1-36(2)57(81-51(88)26-31-85-52(89)22-23-53(85)90)72(98)79-46(21-16-28-77-73(76)99)70(96)80-47(33-43-19-13-12-14-20-43)71(97)78-44-24-29-84(30-25-44)45-34-48(87)58-50(35-45)105-65-59(82-58)54-55-62(92)60(65)83-69(95)38(4)18-15-17-37(3)61(91)40(6)66(93)74(9)68(102-42(8)86)39(5)49(100-11)27-32-101-75(10)67(94)56(54)64(104-75)41(7)63(55)103-74/h12-15,17-20,22-23,27,32,34-37,39-40,44,46-47,49,57,61,66,68,91,93-94H,16,21,24-26,28-31,33H2,1-11H3,(H,78,97)(H,79,98)(H,80,96)(H,81,88)(H,83,95)(H3,76,77,99)/b17-15+,32-27+,38-18-/t37-,39+,40+,46-,47-,49-,57-,61-,66+,68+,74?,75-/m0/s1. The first-order chi connectivity index (χ1) is 49.7. The topological polar surface area (TPSA) is 412 Å². The van der Waals surface area contributed by atoms with Crippen LogP contribution in [0.2, 0.25) is 0 Å². The molecule has 10 rings (SSSR count). The van der Waals surface area contributed by atoms with Gasteiger partial charge in [0.05, 0.1) is 44.0 Å². The second-order valence-electron chi connectivity index (χ2n) is 28.1. The number of carbonyl (C=O) groups excluding carboxylic acids is 9. The van der Waals surface area contributed by atoms with E-state index in [1.807, 2.05) is 4.90 Å². The van der Waals surface area contributed by atoms with Crippen molar-refractivity contribution < 1.29 is 82.2 Å². The number of methoxy groups -OCH3 is 1. The molecule has 4 aromatic carbocycles. The maximum Gasteiger partial charge on any atom is 0.312 e. The second-order valence-corrected chi connectivity index (χ2v) is 29.1. The Bertz CT molecular complexity index is 4590. The number of nitrogens with zero attached hydrogens (tertiary/aromatic N) is 3. The van der Waals surface area contributed by atoms with Gasteiger partial charge in [0.2, 0.25) is 34.5 Å². The number of aliphatic hydroxyl groups excluding tert-OH is 3. The zero-order chi connectivity index (χ0) is 76.3. The lowest BCUT2D eigenvalue weighted by Gasteiger charge is -2.47. The van der Waals surface area contributed by atoms with Crippen molar-refractivity contribution in [3.05, 3.63) is 128 Å². The highest BCUT2D eigenvalue weighted by molar-refractivity contribution is 7.25. The third-order valence-corrected chi connectivity index (χ3v) is 21.3. The molecule has 5 aromatic rings. The molecule has 1 saturated heterocycles. The zero-order valence-electron chi connectivity index (χ0n) is 60.3. The van der Waals surface area contributed by atoms with Gasteiger partial charge in [-0.15, -0.1) is 11.3 Å². The molecule has 0 saturated carbocycles. The number of nitrogens with two attached hydrogens (primary N) is 1. The lowest BCUT2D eigenvalue weighted by atomic mass is 9.75. The minimum Gasteiger partial charge on any atom is -0.505 e. The molecule has 29 nitrogen and oxygen atoms in total. The maximum absolute atomic E-state index is 16.1. The molecule has 30 heteroatoms. The molecular formula is C75H90N10O19S. The molecule has 5 aliphatic heterocycles. The first kappa shape index (κ1) is 77.3. The number of allylic oxidation sites excluding steroid dienone is 2. The number of piperidine rings is 1. The molecular weight excluding hydrogens is 1380 g/mol. The molecule has 6 heterocycles. The molecule has 6 bridgehead atoms. The molecule has 12 atom stereocenters. The summed E-state index contributed by atoms with van der Waals surface area (Å²) in [6, 6.07) is 7.11. The lowest BCUT2D eigenvalue weighted by Crippen LogP contribution is -2.62. The van der Waals surface area contributed by atoms with Gasteiger partial charge >= 0.3 is 17.8 Å². The fraction of sp³-hybridized carbons (Fsp3) is 0.467. The van der Waals surface area contributed by atoms with Crippen molar-refractivity contribution in [1.82, 2.24) is 36.5 Å². The van der Waals surface area contributed by atoms with Gasteiger partial charge in [-0.05, 0) is 70.1 Å². The van der Waals surface area contributed by atoms with Crippen LogP contribution in [-0.4, -0.2) is 172 Å². The number of aliphatic hydroxyl groups is 3. The smallest absolute Gasteiger partial charge is 0.312 e. The van der Waals surface area contributed by atoms with E-state index in [1.54, 1.807) is 90.1 Å². The molecule has 9 amide bonds. The van der Waals surface area contributed by atoms with Gasteiger partial charge in [-0.3, -0.25) is 52.8 Å². The molecule has 0 aliphatic carbocycles. The van der Waals surface area contributed by atoms with Crippen LogP contribution in [0, 0.1) is 30.6 Å². The Hall–Kier alpha value is -10.3. The average Bonchev–Trinajstić information content (AvgIpc) is 1.64. The number of amides is 9. The number of esters is 1. The Morgan fingerprint density at radius 2 is 1.54 bits per heavy atom. The number of rotatable bonds is 20. The minimum absolute atomic E-state index is 0.0239. The number of fused-ring (bicyclic) bond motifs is 8. The monoisotopic (exact) mass is 1470 g/mol. The van der Waals surface area contributed by atoms with Crippen LogP contribution in [0.4, 0.5) is 16.2 Å². The van der Waals surface area contributed by atoms with Gasteiger partial charge < -0.3 is 81.5 Å². The molecule has 11 N–H and O–H groups in total. The van der Waals surface area contributed by atoms with Crippen LogP contribution in [0.25, 0.3) is 37.0 Å². The van der Waals surface area contributed by atoms with Crippen LogP contribution in [0.5, 0.6) is 11.5 Å². The van der Waals surface area contributed by atoms with Crippen LogP contribution < -0.4 is 68.1 Å². The van der Waals surface area contributed by atoms with Gasteiger partial charge in [0.25, 0.3) is 17.7 Å². The fourth-order valence-electron chi connectivity index (χ4n) is 14.1. The van der Waals surface area contributed by atoms with Crippen LogP contribution in [0.15, 0.2) is 100 Å². The van der Waals surface area contributed by atoms with Crippen molar-refractivity contribution in [3.63, 3.8) is 0 Å². The Labute approximate surface area is 608 Å². The number of urea groups is 1. The number of imide groups is 1. The normalized spacial score (nSPS) is 25.4. The summed E-state index contributed by atoms with van der Waals surface area (Å²) < 4.78 is 32.5. The molecule has 560 valence electrons. The third kappa shape index (κ3) is 16.3. The summed E-state index contributed by atoms with van der Waals surface area (Å²) >= 11 is 0.970. The molecule has 1 unspecified atom stereocenters. The quantitative estimate of drug-likeness (QED) is 0.0173. The molecule has 0 radical (unpaired) electrons. The number of nitrogens with one attached hydrogen (secondary N) is 6. The summed E-state index contributed by atoms with van der Waals surface area (Å²) in [4.78, 5) is 159. The predicted molar refractivity (Wildman–Crippen MR) is 390 cm³/mol. The zero-order valence-corrected chi connectivity index (χ0v) is 61.1. The predicted octanol–water partition coefficient (Wildman–Crippen LogP) is 4.04. The van der Waals surface area contributed by atoms with Crippen LogP contribution >= 0.6 is 11.3 Å². The highest BCUT2D eigenvalue weighted by Gasteiger charge is 2.54. The molecule has 1 fully saturated rings. The Balaban J connectivity index is 0.989. The third-order valence-electron chi connectivity index (χ3n) is 20.2. The molecule has 1 aromatic heterocycles. The SMILES string of the molecule is CO[C@H]1/C=C/O[C@@]2(C)Oc3c(C)c4c5c(=O)c(c6sc7cc(N8CCC(NC(=O)[C@H](Cc9ccccc9)NC(=O)[C@H](CCCNC(N)=O)NC(=O)[C@@H](NC(=O)CCN9C(=O)C=CC9=O)C(C)C)CC8)cc(=O)c7nc6c5c3=C2O)NC(=O)/C(C)=C\C=C\[C@H](C)[C@H](O)[C@@H](C)[C@@H](O)C(C)(O4)[C@H](OC(C)=O)[C@@H]1C. The number of hydrogen-bond acceptors (Lipinski definition) is 22. The van der Waals surface area contributed by atoms with Crippen molar-refractivity contribution in [2.75, 3.05) is 43.5 Å². The number of ether oxygens (including phenoxy) is 5. The molecule has 0 spiro atoms. The van der Waals surface area contributed by atoms with Crippen molar-refractivity contribution >= 4 is 113 Å². The van der Waals surface area contributed by atoms with Crippen LogP contribution in [-0.2, 0) is 59.0 Å². The van der Waals surface area contributed by atoms with Crippen molar-refractivity contribution in [1.29, 1.82) is 0 Å². The average molecular weight is 1470 g/mol. The summed E-state index contributed by atoms with van der Waals surface area (Å²) in [5, 5.41) is 53.8. The maximum atomic E-state index is 16.1. The van der Waals surface area contributed by atoms with Gasteiger partial charge in [-0.1, -0.05) is 83.2 Å². The summed E-state index contributed by atoms with van der Waals surface area (Å²) in [7, 11) is 1.41. The Morgan fingerprint density at radius 3 is 2.20 bits per heavy atom. The van der Waals surface area contributed by atoms with Gasteiger partial charge in [-0.2, -0.15) is 0 Å². The minimum atomic E-state index is -2.11. The summed E-state index contributed by atoms with van der Waals surface area (Å²) in [6.45, 7) is 15.9. The first-order valence-electron chi connectivity index (χ1n) is 34.9. The van der Waals surface area contributed by atoms with E-state index in [0.717, 1.165) is 28.4 Å². The largest absolute Gasteiger partial charge is 0.505 e. The van der Waals surface area contributed by atoms with Gasteiger partial charge in [-0.25, -0.2) is 9.78 Å². The summed E-state index contributed by atoms with van der Waals surface area (Å²) in [6.07, 6.45) is 4.79. The fourth-order valence-corrected chi connectivity index (χ4v) is 15.3. The van der Waals surface area contributed by atoms with E-state index in [9.17, 15) is 63.3 Å². The van der Waals surface area contributed by atoms with E-state index >= 15 is 4.79 Å². The van der Waals surface area contributed by atoms with Gasteiger partial charge in [0.15, 0.2) is 11.4 Å². The van der Waals surface area contributed by atoms with Gasteiger partial charge in [0, 0.05) is 124 Å². The highest BCUT2D eigenvalue weighted by atomic mass is 32.1. The lowest BCUT2D eigenvalue weighted by molar-refractivity contribution is -0.195. The van der Waals surface area contributed by atoms with E-state index < -0.39 is 154 Å².